The second-order valence-corrected chi connectivity index (χ2v) is 6.37. The van der Waals surface area contributed by atoms with Crippen LogP contribution in [-0.4, -0.2) is 21.1 Å². The molecule has 0 saturated heterocycles. The summed E-state index contributed by atoms with van der Waals surface area (Å²) in [5.41, 5.74) is 1.71. The maximum Gasteiger partial charge on any atom is 0.262 e. The van der Waals surface area contributed by atoms with Crippen molar-refractivity contribution in [2.75, 3.05) is 11.9 Å². The van der Waals surface area contributed by atoms with Crippen LogP contribution in [0.3, 0.4) is 0 Å². The van der Waals surface area contributed by atoms with Crippen LogP contribution in [0.25, 0.3) is 11.1 Å². The van der Waals surface area contributed by atoms with Gasteiger partial charge in [0.05, 0.1) is 12.2 Å². The largest absolute Gasteiger partial charge is 0.493 e. The minimum Gasteiger partial charge on any atom is -0.493 e. The van der Waals surface area contributed by atoms with Crippen LogP contribution >= 0.6 is 0 Å². The van der Waals surface area contributed by atoms with Crippen molar-refractivity contribution >= 4 is 5.95 Å². The smallest absolute Gasteiger partial charge is 0.262 e. The summed E-state index contributed by atoms with van der Waals surface area (Å²) in [5, 5.41) is 3.05. The summed E-state index contributed by atoms with van der Waals surface area (Å²) in [6.45, 7) is 2.86. The van der Waals surface area contributed by atoms with Crippen molar-refractivity contribution < 1.29 is 13.5 Å². The Hall–Kier alpha value is -3.29. The van der Waals surface area contributed by atoms with Crippen LogP contribution in [0.5, 0.6) is 5.75 Å². The third kappa shape index (κ3) is 3.21. The molecule has 1 aliphatic rings. The summed E-state index contributed by atoms with van der Waals surface area (Å²) in [6.07, 6.45) is 3.33. The Morgan fingerprint density at radius 2 is 2.11 bits per heavy atom. The molecule has 0 spiro atoms. The lowest BCUT2D eigenvalue weighted by Crippen LogP contribution is -2.25. The zero-order valence-corrected chi connectivity index (χ0v) is 15.2. The lowest BCUT2D eigenvalue weighted by atomic mass is 10.0. The maximum atomic E-state index is 14.3. The third-order valence-electron chi connectivity index (χ3n) is 4.76. The van der Waals surface area contributed by atoms with Gasteiger partial charge in [-0.2, -0.15) is 4.39 Å². The summed E-state index contributed by atoms with van der Waals surface area (Å²) in [6, 6.07) is 5.75. The van der Waals surface area contributed by atoms with E-state index in [9.17, 15) is 13.6 Å². The van der Waals surface area contributed by atoms with Crippen molar-refractivity contribution in [2.24, 2.45) is 0 Å². The van der Waals surface area contributed by atoms with Gasteiger partial charge in [-0.3, -0.25) is 9.36 Å². The highest BCUT2D eigenvalue weighted by atomic mass is 19.1. The van der Waals surface area contributed by atoms with Crippen LogP contribution in [0.15, 0.2) is 41.5 Å². The van der Waals surface area contributed by atoms with Gasteiger partial charge in [-0.05, 0) is 30.7 Å². The molecular formula is C20H18F2N4O2. The van der Waals surface area contributed by atoms with Crippen LogP contribution in [0, 0.1) is 11.8 Å². The topological polar surface area (TPSA) is 69.0 Å². The molecule has 0 amide bonds. The van der Waals surface area contributed by atoms with Crippen LogP contribution in [0.1, 0.15) is 18.1 Å². The molecule has 3 heterocycles. The number of hydrogen-bond acceptors (Lipinski definition) is 5. The molecule has 3 aromatic rings. The first-order valence-corrected chi connectivity index (χ1v) is 8.97. The van der Waals surface area contributed by atoms with Gasteiger partial charge in [0.25, 0.3) is 5.56 Å². The SMILES string of the molecule is CCn1c(NCc2c(F)ccc3c2CCO3)ncc(-c2ccnc(F)c2)c1=O. The van der Waals surface area contributed by atoms with Gasteiger partial charge in [0, 0.05) is 49.1 Å². The minimum absolute atomic E-state index is 0.175. The van der Waals surface area contributed by atoms with E-state index >= 15 is 0 Å². The Morgan fingerprint density at radius 3 is 2.89 bits per heavy atom. The van der Waals surface area contributed by atoms with E-state index in [1.807, 2.05) is 0 Å². The van der Waals surface area contributed by atoms with Crippen molar-refractivity contribution in [2.45, 2.75) is 26.4 Å². The Labute approximate surface area is 159 Å². The van der Waals surface area contributed by atoms with Crippen LogP contribution in [-0.2, 0) is 19.5 Å². The number of ether oxygens (including phenoxy) is 1. The first-order valence-electron chi connectivity index (χ1n) is 8.97. The highest BCUT2D eigenvalue weighted by molar-refractivity contribution is 5.61. The number of pyridine rings is 1. The average molecular weight is 384 g/mol. The molecule has 0 saturated carbocycles. The van der Waals surface area contributed by atoms with Crippen molar-refractivity contribution in [3.8, 4) is 16.9 Å². The molecule has 4 rings (SSSR count). The molecule has 1 N–H and O–H groups in total. The van der Waals surface area contributed by atoms with Gasteiger partial charge in [0.2, 0.25) is 11.9 Å². The molecule has 0 bridgehead atoms. The molecule has 28 heavy (non-hydrogen) atoms. The zero-order chi connectivity index (χ0) is 19.7. The summed E-state index contributed by atoms with van der Waals surface area (Å²) in [7, 11) is 0. The molecule has 8 heteroatoms. The van der Waals surface area contributed by atoms with E-state index in [4.69, 9.17) is 4.74 Å². The van der Waals surface area contributed by atoms with Crippen LogP contribution < -0.4 is 15.6 Å². The molecule has 0 atom stereocenters. The lowest BCUT2D eigenvalue weighted by Gasteiger charge is -2.15. The monoisotopic (exact) mass is 384 g/mol. The summed E-state index contributed by atoms with van der Waals surface area (Å²) in [5.74, 6) is 0.0135. The fourth-order valence-corrected chi connectivity index (χ4v) is 3.37. The average Bonchev–Trinajstić information content (AvgIpc) is 3.16. The fourth-order valence-electron chi connectivity index (χ4n) is 3.37. The van der Waals surface area contributed by atoms with E-state index in [1.165, 1.54) is 29.1 Å². The van der Waals surface area contributed by atoms with Crippen molar-refractivity contribution in [1.82, 2.24) is 14.5 Å². The molecular weight excluding hydrogens is 366 g/mol. The van der Waals surface area contributed by atoms with Crippen molar-refractivity contribution in [1.29, 1.82) is 0 Å². The quantitative estimate of drug-likeness (QED) is 0.685. The first-order chi connectivity index (χ1) is 13.6. The molecule has 0 aliphatic carbocycles. The van der Waals surface area contributed by atoms with Crippen LogP contribution in [0.4, 0.5) is 14.7 Å². The lowest BCUT2D eigenvalue weighted by molar-refractivity contribution is 0.356. The summed E-state index contributed by atoms with van der Waals surface area (Å²) in [4.78, 5) is 20.7. The van der Waals surface area contributed by atoms with Gasteiger partial charge < -0.3 is 10.1 Å². The van der Waals surface area contributed by atoms with Gasteiger partial charge in [0.1, 0.15) is 11.6 Å². The normalized spacial score (nSPS) is 12.5. The van der Waals surface area contributed by atoms with Gasteiger partial charge in [0.15, 0.2) is 0 Å². The fraction of sp³-hybridized carbons (Fsp3) is 0.250. The Bertz CT molecular complexity index is 1100. The van der Waals surface area contributed by atoms with Gasteiger partial charge in [-0.1, -0.05) is 0 Å². The van der Waals surface area contributed by atoms with Crippen molar-refractivity contribution in [3.63, 3.8) is 0 Å². The van der Waals surface area contributed by atoms with E-state index < -0.39 is 5.95 Å². The second-order valence-electron chi connectivity index (χ2n) is 6.37. The standard InChI is InChI=1S/C20H18F2N4O2/c1-2-26-19(27)14(12-5-7-23-18(22)9-12)10-24-20(26)25-11-15-13-6-8-28-17(13)4-3-16(15)21/h3-5,7,9-10H,2,6,8,11H2,1H3,(H,24,25). The molecule has 0 fully saturated rings. The van der Waals surface area contributed by atoms with Gasteiger partial charge in [-0.15, -0.1) is 0 Å². The minimum atomic E-state index is -0.669. The molecule has 1 aromatic carbocycles. The van der Waals surface area contributed by atoms with Crippen molar-refractivity contribution in [3.05, 3.63) is 69.9 Å². The summed E-state index contributed by atoms with van der Waals surface area (Å²) < 4.78 is 34.6. The Balaban J connectivity index is 1.66. The number of nitrogens with zero attached hydrogens (tertiary/aromatic N) is 3. The number of benzene rings is 1. The van der Waals surface area contributed by atoms with E-state index in [2.05, 4.69) is 15.3 Å². The molecule has 0 radical (unpaired) electrons. The molecule has 2 aromatic heterocycles. The first kappa shape index (κ1) is 18.1. The third-order valence-corrected chi connectivity index (χ3v) is 4.76. The molecule has 1 aliphatic heterocycles. The van der Waals surface area contributed by atoms with E-state index in [0.29, 0.717) is 42.4 Å². The second kappa shape index (κ2) is 7.38. The van der Waals surface area contributed by atoms with E-state index in [0.717, 1.165) is 5.56 Å². The van der Waals surface area contributed by atoms with E-state index in [1.54, 1.807) is 19.1 Å². The highest BCUT2D eigenvalue weighted by Gasteiger charge is 2.20. The van der Waals surface area contributed by atoms with E-state index in [-0.39, 0.29) is 23.5 Å². The number of hydrogen-bond donors (Lipinski definition) is 1. The van der Waals surface area contributed by atoms with Gasteiger partial charge in [-0.25, -0.2) is 14.4 Å². The maximum absolute atomic E-state index is 14.3. The Morgan fingerprint density at radius 1 is 1.25 bits per heavy atom. The number of nitrogens with one attached hydrogen (secondary N) is 1. The molecule has 144 valence electrons. The van der Waals surface area contributed by atoms with Gasteiger partial charge >= 0.3 is 0 Å². The number of halogens is 2. The zero-order valence-electron chi connectivity index (χ0n) is 15.2. The molecule has 0 unspecified atom stereocenters. The number of rotatable bonds is 5. The number of aromatic nitrogens is 3. The van der Waals surface area contributed by atoms with Crippen LogP contribution in [0.2, 0.25) is 0 Å². The predicted molar refractivity (Wildman–Crippen MR) is 100 cm³/mol. The number of anilines is 1. The number of fused-ring (bicyclic) bond motifs is 1. The molecule has 6 nitrogen and oxygen atoms in total. The summed E-state index contributed by atoms with van der Waals surface area (Å²) >= 11 is 0. The Kier molecular flexibility index (Phi) is 4.77. The highest BCUT2D eigenvalue weighted by Crippen LogP contribution is 2.30. The predicted octanol–water partition coefficient (Wildman–Crippen LogP) is 3.15.